The molecule has 0 spiro atoms. The second-order valence-electron chi connectivity index (χ2n) is 7.62. The topological polar surface area (TPSA) is 60.9 Å². The Hall–Kier alpha value is -0.860. The molecule has 28 heavy (non-hydrogen) atoms. The molecule has 2 rings (SSSR count). The van der Waals surface area contributed by atoms with Gasteiger partial charge in [0.15, 0.2) is 0 Å². The molecule has 0 aliphatic carbocycles. The van der Waals surface area contributed by atoms with Crippen molar-refractivity contribution in [3.8, 4) is 0 Å². The quantitative estimate of drug-likeness (QED) is 0.667. The van der Waals surface area contributed by atoms with Crippen molar-refractivity contribution in [2.24, 2.45) is 0 Å². The first-order valence-electron chi connectivity index (χ1n) is 9.48. The van der Waals surface area contributed by atoms with Crippen molar-refractivity contribution in [2.75, 3.05) is 26.2 Å². The molecule has 1 aromatic carbocycles. The van der Waals surface area contributed by atoms with Crippen molar-refractivity contribution in [3.63, 3.8) is 0 Å². The number of rotatable bonds is 6. The maximum atomic E-state index is 12.9. The van der Waals surface area contributed by atoms with Gasteiger partial charge < -0.3 is 4.90 Å². The van der Waals surface area contributed by atoms with Crippen molar-refractivity contribution < 1.29 is 13.2 Å². The van der Waals surface area contributed by atoms with Crippen LogP contribution in [0.4, 0.5) is 0 Å². The third-order valence-electron chi connectivity index (χ3n) is 5.06. The zero-order chi connectivity index (χ0) is 21.2. The van der Waals surface area contributed by atoms with E-state index in [1.165, 1.54) is 16.4 Å². The van der Waals surface area contributed by atoms with Crippen molar-refractivity contribution in [2.45, 2.75) is 57.6 Å². The van der Waals surface area contributed by atoms with Crippen LogP contribution in [0.1, 0.15) is 34.6 Å². The van der Waals surface area contributed by atoms with Gasteiger partial charge in [-0.2, -0.15) is 4.31 Å². The number of carbonyl (C=O) groups is 1. The van der Waals surface area contributed by atoms with Gasteiger partial charge in [-0.05, 0) is 52.8 Å². The highest BCUT2D eigenvalue weighted by molar-refractivity contribution is 7.89. The summed E-state index contributed by atoms with van der Waals surface area (Å²) in [5.74, 6) is 0.0687. The van der Waals surface area contributed by atoms with Crippen LogP contribution in [0.15, 0.2) is 23.1 Å². The monoisotopic (exact) mass is 449 g/mol. The van der Waals surface area contributed by atoms with Crippen LogP contribution >= 0.6 is 23.2 Å². The molecule has 1 fully saturated rings. The van der Waals surface area contributed by atoms with E-state index in [1.54, 1.807) is 6.07 Å². The summed E-state index contributed by atoms with van der Waals surface area (Å²) in [6.07, 6.45) is 0. The molecule has 1 heterocycles. The zero-order valence-electron chi connectivity index (χ0n) is 17.0. The molecule has 0 aromatic heterocycles. The predicted molar refractivity (Wildman–Crippen MR) is 113 cm³/mol. The number of halogens is 2. The highest BCUT2D eigenvalue weighted by Crippen LogP contribution is 2.28. The summed E-state index contributed by atoms with van der Waals surface area (Å²) in [5, 5.41) is 0.475. The first kappa shape index (κ1) is 23.4. The third-order valence-corrected chi connectivity index (χ3v) is 7.67. The fourth-order valence-corrected chi connectivity index (χ4v) is 5.78. The van der Waals surface area contributed by atoms with Crippen molar-refractivity contribution in [3.05, 3.63) is 28.2 Å². The van der Waals surface area contributed by atoms with Crippen molar-refractivity contribution >= 4 is 39.1 Å². The lowest BCUT2D eigenvalue weighted by molar-refractivity contribution is -0.140. The first-order chi connectivity index (χ1) is 13.0. The number of nitrogens with zero attached hydrogens (tertiary/aromatic N) is 3. The minimum absolute atomic E-state index is 0.0185. The van der Waals surface area contributed by atoms with Gasteiger partial charge in [-0.25, -0.2) is 8.42 Å². The second-order valence-corrected chi connectivity index (χ2v) is 10.4. The Kier molecular flexibility index (Phi) is 7.78. The Morgan fingerprint density at radius 2 is 1.54 bits per heavy atom. The van der Waals surface area contributed by atoms with E-state index >= 15 is 0 Å². The molecule has 6 nitrogen and oxygen atoms in total. The standard InChI is InChI=1S/C19H29Cl2N3O3S/c1-13(2)24(14(3)4)19(25)15(5)22-8-10-23(11-9-22)28(26,27)18-12-16(20)6-7-17(18)21/h6-7,12-15H,8-11H2,1-5H3. The molecule has 1 saturated heterocycles. The van der Waals surface area contributed by atoms with Gasteiger partial charge in [-0.15, -0.1) is 0 Å². The number of hydrogen-bond acceptors (Lipinski definition) is 4. The van der Waals surface area contributed by atoms with Crippen molar-refractivity contribution in [1.82, 2.24) is 14.1 Å². The molecule has 1 aliphatic heterocycles. The van der Waals surface area contributed by atoms with E-state index in [0.717, 1.165) is 0 Å². The van der Waals surface area contributed by atoms with Crippen LogP contribution in [-0.2, 0) is 14.8 Å². The first-order valence-corrected chi connectivity index (χ1v) is 11.7. The minimum Gasteiger partial charge on any atom is -0.336 e. The average molecular weight is 450 g/mol. The van der Waals surface area contributed by atoms with Gasteiger partial charge in [0, 0.05) is 43.3 Å². The van der Waals surface area contributed by atoms with E-state index in [-0.39, 0.29) is 34.0 Å². The molecule has 1 aliphatic rings. The summed E-state index contributed by atoms with van der Waals surface area (Å²) in [6, 6.07) is 4.34. The van der Waals surface area contributed by atoms with Gasteiger partial charge in [0.2, 0.25) is 15.9 Å². The molecule has 1 amide bonds. The fourth-order valence-electron chi connectivity index (χ4n) is 3.62. The largest absolute Gasteiger partial charge is 0.336 e. The number of carbonyl (C=O) groups excluding carboxylic acids is 1. The second kappa shape index (κ2) is 9.30. The summed E-state index contributed by atoms with van der Waals surface area (Å²) < 4.78 is 27.3. The van der Waals surface area contributed by atoms with E-state index in [1.807, 2.05) is 44.4 Å². The van der Waals surface area contributed by atoms with Gasteiger partial charge >= 0.3 is 0 Å². The van der Waals surface area contributed by atoms with E-state index in [4.69, 9.17) is 23.2 Å². The SMILES string of the molecule is CC(C(=O)N(C(C)C)C(C)C)N1CCN(S(=O)(=O)c2cc(Cl)ccc2Cl)CC1. The Balaban J connectivity index is 2.09. The van der Waals surface area contributed by atoms with Gasteiger partial charge in [0.05, 0.1) is 11.1 Å². The highest BCUT2D eigenvalue weighted by atomic mass is 35.5. The lowest BCUT2D eigenvalue weighted by Crippen LogP contribution is -2.57. The number of benzene rings is 1. The summed E-state index contributed by atoms with van der Waals surface area (Å²) in [7, 11) is -3.73. The van der Waals surface area contributed by atoms with Crippen LogP contribution in [0, 0.1) is 0 Å². The summed E-state index contributed by atoms with van der Waals surface area (Å²) in [4.78, 5) is 16.9. The molecule has 0 bridgehead atoms. The Morgan fingerprint density at radius 3 is 2.04 bits per heavy atom. The molecule has 0 saturated carbocycles. The van der Waals surface area contributed by atoms with E-state index in [0.29, 0.717) is 31.2 Å². The number of amides is 1. The van der Waals surface area contributed by atoms with Crippen LogP contribution in [0.2, 0.25) is 10.0 Å². The molecular formula is C19H29Cl2N3O3S. The zero-order valence-corrected chi connectivity index (χ0v) is 19.4. The number of sulfonamides is 1. The normalized spacial score (nSPS) is 17.9. The van der Waals surface area contributed by atoms with Gasteiger partial charge in [-0.3, -0.25) is 9.69 Å². The Bertz CT molecular complexity index is 799. The maximum Gasteiger partial charge on any atom is 0.244 e. The Morgan fingerprint density at radius 1 is 1.00 bits per heavy atom. The van der Waals surface area contributed by atoms with Crippen LogP contribution in [0.3, 0.4) is 0 Å². The lowest BCUT2D eigenvalue weighted by atomic mass is 10.1. The summed E-state index contributed by atoms with van der Waals surface area (Å²) in [6.45, 7) is 11.5. The molecule has 1 unspecified atom stereocenters. The van der Waals surface area contributed by atoms with Gasteiger partial charge in [0.1, 0.15) is 4.90 Å². The highest BCUT2D eigenvalue weighted by Gasteiger charge is 2.35. The molecule has 0 N–H and O–H groups in total. The Labute approximate surface area is 178 Å². The fraction of sp³-hybridized carbons (Fsp3) is 0.632. The van der Waals surface area contributed by atoms with Crippen molar-refractivity contribution in [1.29, 1.82) is 0 Å². The molecule has 158 valence electrons. The summed E-state index contributed by atoms with van der Waals surface area (Å²) >= 11 is 12.0. The van der Waals surface area contributed by atoms with E-state index < -0.39 is 10.0 Å². The number of hydrogen-bond donors (Lipinski definition) is 0. The molecule has 1 atom stereocenters. The number of piperazine rings is 1. The molecule has 0 radical (unpaired) electrons. The average Bonchev–Trinajstić information content (AvgIpc) is 2.62. The van der Waals surface area contributed by atoms with Gasteiger partial charge in [0.25, 0.3) is 0 Å². The minimum atomic E-state index is -3.73. The third kappa shape index (κ3) is 5.00. The van der Waals surface area contributed by atoms with Crippen LogP contribution in [-0.4, -0.2) is 72.7 Å². The molecule has 9 heteroatoms. The molecule has 1 aromatic rings. The van der Waals surface area contributed by atoms with E-state index in [9.17, 15) is 13.2 Å². The predicted octanol–water partition coefficient (Wildman–Crippen LogP) is 3.33. The van der Waals surface area contributed by atoms with Crippen LogP contribution < -0.4 is 0 Å². The van der Waals surface area contributed by atoms with Crippen LogP contribution in [0.5, 0.6) is 0 Å². The van der Waals surface area contributed by atoms with Gasteiger partial charge in [-0.1, -0.05) is 23.2 Å². The smallest absolute Gasteiger partial charge is 0.244 e. The van der Waals surface area contributed by atoms with Crippen LogP contribution in [0.25, 0.3) is 0 Å². The molecular weight excluding hydrogens is 421 g/mol. The lowest BCUT2D eigenvalue weighted by Gasteiger charge is -2.40. The van der Waals surface area contributed by atoms with E-state index in [2.05, 4.69) is 0 Å². The summed E-state index contributed by atoms with van der Waals surface area (Å²) in [5.41, 5.74) is 0. The maximum absolute atomic E-state index is 12.9.